The Hall–Kier alpha value is -2.57. The lowest BCUT2D eigenvalue weighted by atomic mass is 10.1. The highest BCUT2D eigenvalue weighted by Gasteiger charge is 2.29. The molecule has 2 aliphatic rings. The SMILES string of the molecule is CCN1CC(CN(C)C(=O)C2=NN(C)C(=O)CC2)Oc2ccccc21. The number of hydrogen-bond donors (Lipinski definition) is 0. The summed E-state index contributed by atoms with van der Waals surface area (Å²) in [7, 11) is 3.33. The molecule has 0 radical (unpaired) electrons. The van der Waals surface area contributed by atoms with E-state index < -0.39 is 0 Å². The lowest BCUT2D eigenvalue weighted by molar-refractivity contribution is -0.130. The van der Waals surface area contributed by atoms with Crippen molar-refractivity contribution >= 4 is 23.2 Å². The van der Waals surface area contributed by atoms with Gasteiger partial charge >= 0.3 is 0 Å². The minimum Gasteiger partial charge on any atom is -0.485 e. The van der Waals surface area contributed by atoms with Gasteiger partial charge < -0.3 is 14.5 Å². The molecule has 0 aromatic heterocycles. The van der Waals surface area contributed by atoms with Gasteiger partial charge in [-0.05, 0) is 19.1 Å². The highest BCUT2D eigenvalue weighted by molar-refractivity contribution is 6.39. The maximum atomic E-state index is 12.6. The largest absolute Gasteiger partial charge is 0.485 e. The van der Waals surface area contributed by atoms with Gasteiger partial charge in [0.2, 0.25) is 5.91 Å². The van der Waals surface area contributed by atoms with E-state index in [1.807, 2.05) is 24.3 Å². The van der Waals surface area contributed by atoms with E-state index in [1.54, 1.807) is 19.0 Å². The van der Waals surface area contributed by atoms with Crippen LogP contribution in [0, 0.1) is 0 Å². The van der Waals surface area contributed by atoms with E-state index in [0.717, 1.165) is 24.5 Å². The number of likely N-dealkylation sites (N-methyl/N-ethyl adjacent to an activating group) is 2. The molecule has 25 heavy (non-hydrogen) atoms. The van der Waals surface area contributed by atoms with Gasteiger partial charge in [0.25, 0.3) is 5.91 Å². The molecule has 2 aliphatic heterocycles. The van der Waals surface area contributed by atoms with Gasteiger partial charge in [0.05, 0.1) is 18.8 Å². The Morgan fingerprint density at radius 2 is 2.12 bits per heavy atom. The van der Waals surface area contributed by atoms with Crippen molar-refractivity contribution in [2.75, 3.05) is 38.6 Å². The highest BCUT2D eigenvalue weighted by Crippen LogP contribution is 2.32. The minimum atomic E-state index is -0.148. The monoisotopic (exact) mass is 344 g/mol. The minimum absolute atomic E-state index is 0.0648. The first kappa shape index (κ1) is 17.3. The molecule has 0 aliphatic carbocycles. The summed E-state index contributed by atoms with van der Waals surface area (Å²) in [6.45, 7) is 4.20. The Morgan fingerprint density at radius 3 is 2.84 bits per heavy atom. The molecule has 0 bridgehead atoms. The van der Waals surface area contributed by atoms with Crippen LogP contribution in [0.5, 0.6) is 5.75 Å². The zero-order valence-corrected chi connectivity index (χ0v) is 14.9. The second-order valence-corrected chi connectivity index (χ2v) is 6.40. The summed E-state index contributed by atoms with van der Waals surface area (Å²) < 4.78 is 6.07. The smallest absolute Gasteiger partial charge is 0.269 e. The van der Waals surface area contributed by atoms with Gasteiger partial charge in [0.1, 0.15) is 17.6 Å². The summed E-state index contributed by atoms with van der Waals surface area (Å²) >= 11 is 0. The van der Waals surface area contributed by atoms with Crippen molar-refractivity contribution in [1.82, 2.24) is 9.91 Å². The molecule has 7 heteroatoms. The van der Waals surface area contributed by atoms with Crippen molar-refractivity contribution in [2.45, 2.75) is 25.9 Å². The Labute approximate surface area is 147 Å². The molecule has 1 unspecified atom stereocenters. The topological polar surface area (TPSA) is 65.5 Å². The summed E-state index contributed by atoms with van der Waals surface area (Å²) in [6, 6.07) is 7.96. The molecule has 0 saturated carbocycles. The quantitative estimate of drug-likeness (QED) is 0.827. The lowest BCUT2D eigenvalue weighted by Crippen LogP contribution is -2.48. The van der Waals surface area contributed by atoms with Gasteiger partial charge in [-0.1, -0.05) is 12.1 Å². The number of carbonyl (C=O) groups is 2. The van der Waals surface area contributed by atoms with Crippen LogP contribution < -0.4 is 9.64 Å². The molecule has 7 nitrogen and oxygen atoms in total. The summed E-state index contributed by atoms with van der Waals surface area (Å²) in [5.41, 5.74) is 1.51. The van der Waals surface area contributed by atoms with Crippen LogP contribution in [0.4, 0.5) is 5.69 Å². The zero-order valence-electron chi connectivity index (χ0n) is 14.9. The molecule has 1 atom stereocenters. The van der Waals surface area contributed by atoms with E-state index in [0.29, 0.717) is 25.1 Å². The van der Waals surface area contributed by atoms with Crippen LogP contribution in [0.25, 0.3) is 0 Å². The van der Waals surface area contributed by atoms with Gasteiger partial charge in [-0.2, -0.15) is 5.10 Å². The number of rotatable bonds is 4. The molecule has 1 aromatic carbocycles. The number of fused-ring (bicyclic) bond motifs is 1. The van der Waals surface area contributed by atoms with Gasteiger partial charge in [0.15, 0.2) is 0 Å². The van der Waals surface area contributed by atoms with Gasteiger partial charge in [-0.25, -0.2) is 5.01 Å². The normalized spacial score (nSPS) is 19.9. The third-order valence-corrected chi connectivity index (χ3v) is 4.58. The second kappa shape index (κ2) is 7.13. The number of amides is 2. The lowest BCUT2D eigenvalue weighted by Gasteiger charge is -2.37. The molecule has 0 saturated heterocycles. The third kappa shape index (κ3) is 3.60. The number of anilines is 1. The first-order valence-corrected chi connectivity index (χ1v) is 8.59. The van der Waals surface area contributed by atoms with Crippen molar-refractivity contribution in [2.24, 2.45) is 5.10 Å². The number of ether oxygens (including phenoxy) is 1. The van der Waals surface area contributed by atoms with E-state index in [9.17, 15) is 9.59 Å². The summed E-state index contributed by atoms with van der Waals surface area (Å²) in [5.74, 6) is 0.636. The van der Waals surface area contributed by atoms with Crippen LogP contribution in [-0.2, 0) is 9.59 Å². The van der Waals surface area contributed by atoms with Gasteiger partial charge in [-0.3, -0.25) is 9.59 Å². The molecule has 0 N–H and O–H groups in total. The maximum absolute atomic E-state index is 12.6. The maximum Gasteiger partial charge on any atom is 0.269 e. The Balaban J connectivity index is 1.67. The number of carbonyl (C=O) groups excluding carboxylic acids is 2. The van der Waals surface area contributed by atoms with Crippen molar-refractivity contribution in [3.8, 4) is 5.75 Å². The number of nitrogens with zero attached hydrogens (tertiary/aromatic N) is 4. The van der Waals surface area contributed by atoms with E-state index >= 15 is 0 Å². The molecular weight excluding hydrogens is 320 g/mol. The van der Waals surface area contributed by atoms with Crippen molar-refractivity contribution in [3.63, 3.8) is 0 Å². The van der Waals surface area contributed by atoms with E-state index in [4.69, 9.17) is 4.74 Å². The summed E-state index contributed by atoms with van der Waals surface area (Å²) in [5, 5.41) is 5.35. The zero-order chi connectivity index (χ0) is 18.0. The number of hydrazone groups is 1. The van der Waals surface area contributed by atoms with E-state index in [1.165, 1.54) is 5.01 Å². The standard InChI is InChI=1S/C18H24N4O3/c1-4-22-12-13(25-16-8-6-5-7-15(16)22)11-20(2)18(24)14-9-10-17(23)21(3)19-14/h5-8,13H,4,9-12H2,1-3H3. The van der Waals surface area contributed by atoms with Crippen molar-refractivity contribution in [3.05, 3.63) is 24.3 Å². The van der Waals surface area contributed by atoms with Crippen LogP contribution in [0.2, 0.25) is 0 Å². The first-order valence-electron chi connectivity index (χ1n) is 8.59. The molecule has 3 rings (SSSR count). The molecule has 134 valence electrons. The van der Waals surface area contributed by atoms with Crippen molar-refractivity contribution < 1.29 is 14.3 Å². The third-order valence-electron chi connectivity index (χ3n) is 4.58. The fraction of sp³-hybridized carbons (Fsp3) is 0.500. The number of para-hydroxylation sites is 2. The van der Waals surface area contributed by atoms with Crippen molar-refractivity contribution in [1.29, 1.82) is 0 Å². The van der Waals surface area contributed by atoms with Crippen LogP contribution in [0.1, 0.15) is 19.8 Å². The fourth-order valence-electron chi connectivity index (χ4n) is 3.21. The average Bonchev–Trinajstić information content (AvgIpc) is 2.62. The fourth-order valence-corrected chi connectivity index (χ4v) is 3.21. The Bertz CT molecular complexity index is 703. The van der Waals surface area contributed by atoms with E-state index in [-0.39, 0.29) is 17.9 Å². The molecule has 1 aromatic rings. The van der Waals surface area contributed by atoms with Gasteiger partial charge in [-0.15, -0.1) is 0 Å². The predicted octanol–water partition coefficient (Wildman–Crippen LogP) is 1.34. The molecule has 0 fully saturated rings. The van der Waals surface area contributed by atoms with Gasteiger partial charge in [0, 0.05) is 33.5 Å². The number of benzene rings is 1. The molecule has 2 heterocycles. The van der Waals surface area contributed by atoms with Crippen LogP contribution in [0.3, 0.4) is 0 Å². The first-order chi connectivity index (χ1) is 12.0. The van der Waals surface area contributed by atoms with Crippen LogP contribution in [0.15, 0.2) is 29.4 Å². The average molecular weight is 344 g/mol. The summed E-state index contributed by atoms with van der Waals surface area (Å²) in [6.07, 6.45) is 0.612. The van der Waals surface area contributed by atoms with Crippen LogP contribution >= 0.6 is 0 Å². The second-order valence-electron chi connectivity index (χ2n) is 6.40. The highest BCUT2D eigenvalue weighted by atomic mass is 16.5. The van der Waals surface area contributed by atoms with E-state index in [2.05, 4.69) is 16.9 Å². The predicted molar refractivity (Wildman–Crippen MR) is 95.8 cm³/mol. The van der Waals surface area contributed by atoms with Crippen LogP contribution in [-0.4, -0.2) is 67.3 Å². The number of hydrogen-bond acceptors (Lipinski definition) is 5. The Morgan fingerprint density at radius 1 is 1.36 bits per heavy atom. The molecule has 2 amide bonds. The molecular formula is C18H24N4O3. The Kier molecular flexibility index (Phi) is 4.92. The summed E-state index contributed by atoms with van der Waals surface area (Å²) in [4.78, 5) is 28.0. The molecule has 0 spiro atoms.